The summed E-state index contributed by atoms with van der Waals surface area (Å²) in [5.74, 6) is 1.03. The molecule has 0 radical (unpaired) electrons. The van der Waals surface area contributed by atoms with Crippen LogP contribution in [0, 0.1) is 6.92 Å². The Bertz CT molecular complexity index is 431. The molecule has 0 saturated heterocycles. The Morgan fingerprint density at radius 2 is 1.86 bits per heavy atom. The van der Waals surface area contributed by atoms with E-state index in [0.717, 1.165) is 24.8 Å². The van der Waals surface area contributed by atoms with Crippen LogP contribution in [0.2, 0.25) is 0 Å². The number of rotatable bonds is 6. The van der Waals surface area contributed by atoms with Crippen molar-refractivity contribution in [2.45, 2.75) is 76.9 Å². The maximum atomic E-state index is 5.98. The van der Waals surface area contributed by atoms with E-state index in [9.17, 15) is 0 Å². The third-order valence-electron chi connectivity index (χ3n) is 4.86. The molecule has 1 aromatic rings. The second kappa shape index (κ2) is 7.30. The minimum absolute atomic E-state index is 0.497. The number of aromatic nitrogens is 2. The van der Waals surface area contributed by atoms with Crippen molar-refractivity contribution < 1.29 is 4.74 Å². The van der Waals surface area contributed by atoms with Gasteiger partial charge in [-0.15, -0.1) is 0 Å². The van der Waals surface area contributed by atoms with E-state index in [2.05, 4.69) is 28.0 Å². The topological polar surface area (TPSA) is 39.1 Å². The Morgan fingerprint density at radius 1 is 1.14 bits per heavy atom. The minimum atomic E-state index is 0.497. The number of nitrogens with zero attached hydrogens (tertiary/aromatic N) is 2. The minimum Gasteiger partial charge on any atom is -0.376 e. The van der Waals surface area contributed by atoms with Gasteiger partial charge >= 0.3 is 0 Å². The van der Waals surface area contributed by atoms with Crippen molar-refractivity contribution in [3.8, 4) is 0 Å². The van der Waals surface area contributed by atoms with Gasteiger partial charge in [0.15, 0.2) is 0 Å². The summed E-state index contributed by atoms with van der Waals surface area (Å²) < 4.78 is 8.33. The monoisotopic (exact) mass is 291 g/mol. The second-order valence-electron chi connectivity index (χ2n) is 6.61. The van der Waals surface area contributed by atoms with Crippen molar-refractivity contribution in [3.63, 3.8) is 0 Å². The summed E-state index contributed by atoms with van der Waals surface area (Å²) in [6.07, 6.45) is 14.5. The molecule has 118 valence electrons. The van der Waals surface area contributed by atoms with Crippen LogP contribution in [0.4, 0.5) is 5.95 Å². The zero-order valence-corrected chi connectivity index (χ0v) is 13.3. The van der Waals surface area contributed by atoms with Crippen molar-refractivity contribution in [1.29, 1.82) is 0 Å². The van der Waals surface area contributed by atoms with Crippen molar-refractivity contribution in [3.05, 3.63) is 11.9 Å². The van der Waals surface area contributed by atoms with Crippen molar-refractivity contribution >= 4 is 5.95 Å². The Labute approximate surface area is 128 Å². The van der Waals surface area contributed by atoms with Gasteiger partial charge in [-0.1, -0.05) is 32.1 Å². The van der Waals surface area contributed by atoms with Gasteiger partial charge in [-0.2, -0.15) is 0 Å². The molecule has 1 aromatic heterocycles. The highest BCUT2D eigenvalue weighted by Gasteiger charge is 2.20. The average molecular weight is 291 g/mol. The zero-order chi connectivity index (χ0) is 14.5. The van der Waals surface area contributed by atoms with E-state index in [1.54, 1.807) is 0 Å². The third kappa shape index (κ3) is 4.00. The Morgan fingerprint density at radius 3 is 2.62 bits per heavy atom. The van der Waals surface area contributed by atoms with Crippen LogP contribution in [-0.4, -0.2) is 28.8 Å². The van der Waals surface area contributed by atoms with Crippen LogP contribution in [0.15, 0.2) is 6.20 Å². The molecule has 0 spiro atoms. The molecule has 0 bridgehead atoms. The van der Waals surface area contributed by atoms with Crippen LogP contribution in [0.25, 0.3) is 0 Å². The van der Waals surface area contributed by atoms with Gasteiger partial charge in [-0.05, 0) is 32.6 Å². The molecule has 3 rings (SSSR count). The number of imidazole rings is 1. The van der Waals surface area contributed by atoms with Gasteiger partial charge in [0.05, 0.1) is 18.4 Å². The van der Waals surface area contributed by atoms with Crippen molar-refractivity contribution in [1.82, 2.24) is 9.55 Å². The number of anilines is 1. The standard InChI is InChI=1S/C17H29N3O/c1-14-13-20(15-7-5-6-8-15)17(19-14)18-11-12-21-16-9-3-2-4-10-16/h13,15-16H,2-12H2,1H3,(H,18,19). The van der Waals surface area contributed by atoms with E-state index in [4.69, 9.17) is 4.74 Å². The van der Waals surface area contributed by atoms with Gasteiger partial charge in [-0.3, -0.25) is 0 Å². The first kappa shape index (κ1) is 14.9. The summed E-state index contributed by atoms with van der Waals surface area (Å²) in [5, 5.41) is 3.48. The molecule has 0 aliphatic heterocycles. The molecule has 2 aliphatic carbocycles. The summed E-state index contributed by atoms with van der Waals surface area (Å²) in [4.78, 5) is 4.64. The highest BCUT2D eigenvalue weighted by atomic mass is 16.5. The summed E-state index contributed by atoms with van der Waals surface area (Å²) in [7, 11) is 0. The van der Waals surface area contributed by atoms with Crippen LogP contribution >= 0.6 is 0 Å². The van der Waals surface area contributed by atoms with E-state index in [0.29, 0.717) is 12.1 Å². The molecule has 4 heteroatoms. The Balaban J connectivity index is 1.46. The van der Waals surface area contributed by atoms with Gasteiger partial charge in [0.2, 0.25) is 5.95 Å². The molecule has 0 atom stereocenters. The molecule has 2 saturated carbocycles. The van der Waals surface area contributed by atoms with Gasteiger partial charge in [0.1, 0.15) is 0 Å². The summed E-state index contributed by atoms with van der Waals surface area (Å²) in [5.41, 5.74) is 1.11. The smallest absolute Gasteiger partial charge is 0.203 e. The molecule has 2 fully saturated rings. The van der Waals surface area contributed by atoms with Gasteiger partial charge < -0.3 is 14.6 Å². The predicted octanol–water partition coefficient (Wildman–Crippen LogP) is 4.07. The van der Waals surface area contributed by atoms with Gasteiger partial charge in [-0.25, -0.2) is 4.98 Å². The lowest BCUT2D eigenvalue weighted by molar-refractivity contribution is 0.0347. The molecule has 0 unspecified atom stereocenters. The van der Waals surface area contributed by atoms with Crippen LogP contribution in [0.1, 0.15) is 69.5 Å². The first-order valence-corrected chi connectivity index (χ1v) is 8.74. The number of ether oxygens (including phenoxy) is 1. The highest BCUT2D eigenvalue weighted by Crippen LogP contribution is 2.32. The molecular weight excluding hydrogens is 262 g/mol. The average Bonchev–Trinajstić information content (AvgIpc) is 3.14. The van der Waals surface area contributed by atoms with E-state index in [-0.39, 0.29) is 0 Å². The zero-order valence-electron chi connectivity index (χ0n) is 13.3. The molecule has 4 nitrogen and oxygen atoms in total. The largest absolute Gasteiger partial charge is 0.376 e. The van der Waals surface area contributed by atoms with E-state index < -0.39 is 0 Å². The number of hydrogen-bond acceptors (Lipinski definition) is 3. The molecule has 21 heavy (non-hydrogen) atoms. The first-order valence-electron chi connectivity index (χ1n) is 8.74. The maximum Gasteiger partial charge on any atom is 0.203 e. The molecule has 0 aromatic carbocycles. The number of nitrogens with one attached hydrogen (secondary N) is 1. The molecule has 1 heterocycles. The highest BCUT2D eigenvalue weighted by molar-refractivity contribution is 5.29. The second-order valence-corrected chi connectivity index (χ2v) is 6.61. The number of hydrogen-bond donors (Lipinski definition) is 1. The fraction of sp³-hybridized carbons (Fsp3) is 0.824. The molecule has 1 N–H and O–H groups in total. The Kier molecular flexibility index (Phi) is 5.17. The quantitative estimate of drug-likeness (QED) is 0.803. The predicted molar refractivity (Wildman–Crippen MR) is 85.8 cm³/mol. The van der Waals surface area contributed by atoms with Crippen LogP contribution in [-0.2, 0) is 4.74 Å². The lowest BCUT2D eigenvalue weighted by Gasteiger charge is -2.22. The normalized spacial score (nSPS) is 21.0. The SMILES string of the molecule is Cc1cn(C2CCCC2)c(NCCOC2CCCCC2)n1. The molecular formula is C17H29N3O. The lowest BCUT2D eigenvalue weighted by atomic mass is 9.98. The fourth-order valence-electron chi connectivity index (χ4n) is 3.73. The molecule has 2 aliphatic rings. The maximum absolute atomic E-state index is 5.98. The lowest BCUT2D eigenvalue weighted by Crippen LogP contribution is -2.21. The van der Waals surface area contributed by atoms with Gasteiger partial charge in [0.25, 0.3) is 0 Å². The molecule has 0 amide bonds. The van der Waals surface area contributed by atoms with E-state index in [1.807, 2.05) is 0 Å². The summed E-state index contributed by atoms with van der Waals surface area (Å²) in [6, 6.07) is 0.646. The fourth-order valence-corrected chi connectivity index (χ4v) is 3.73. The van der Waals surface area contributed by atoms with E-state index >= 15 is 0 Å². The third-order valence-corrected chi connectivity index (χ3v) is 4.86. The van der Waals surface area contributed by atoms with Crippen LogP contribution < -0.4 is 5.32 Å². The Hall–Kier alpha value is -1.03. The summed E-state index contributed by atoms with van der Waals surface area (Å²) >= 11 is 0. The van der Waals surface area contributed by atoms with E-state index in [1.165, 1.54) is 57.8 Å². The summed E-state index contributed by atoms with van der Waals surface area (Å²) in [6.45, 7) is 3.73. The van der Waals surface area contributed by atoms with Crippen molar-refractivity contribution in [2.24, 2.45) is 0 Å². The first-order chi connectivity index (χ1) is 10.3. The van der Waals surface area contributed by atoms with Crippen LogP contribution in [0.3, 0.4) is 0 Å². The van der Waals surface area contributed by atoms with Gasteiger partial charge in [0, 0.05) is 18.8 Å². The van der Waals surface area contributed by atoms with Crippen LogP contribution in [0.5, 0.6) is 0 Å². The number of aryl methyl sites for hydroxylation is 1. The van der Waals surface area contributed by atoms with Crippen molar-refractivity contribution in [2.75, 3.05) is 18.5 Å².